The highest BCUT2D eigenvalue weighted by Crippen LogP contribution is 2.55. The van der Waals surface area contributed by atoms with Crippen LogP contribution >= 0.6 is 0 Å². The fourth-order valence-electron chi connectivity index (χ4n) is 2.55. The molecule has 6 nitrogen and oxygen atoms in total. The van der Waals surface area contributed by atoms with Crippen molar-refractivity contribution in [3.05, 3.63) is 12.7 Å². The Hall–Kier alpha value is -1.56. The largest absolute Gasteiger partial charge is 0.479 e. The molecule has 1 atom stereocenters. The first-order valence-electron chi connectivity index (χ1n) is 5.41. The van der Waals surface area contributed by atoms with Crippen LogP contribution < -0.4 is 5.32 Å². The highest BCUT2D eigenvalue weighted by atomic mass is 16.6. The summed E-state index contributed by atoms with van der Waals surface area (Å²) >= 11 is 0. The molecule has 0 radical (unpaired) electrons. The van der Waals surface area contributed by atoms with Gasteiger partial charge in [-0.25, -0.2) is 9.59 Å². The summed E-state index contributed by atoms with van der Waals surface area (Å²) in [5.41, 5.74) is -1.72. The summed E-state index contributed by atoms with van der Waals surface area (Å²) in [5.74, 6) is -0.973. The van der Waals surface area contributed by atoms with Crippen molar-refractivity contribution in [2.45, 2.75) is 37.0 Å². The van der Waals surface area contributed by atoms with E-state index in [0.29, 0.717) is 12.8 Å². The van der Waals surface area contributed by atoms with Crippen molar-refractivity contribution in [1.82, 2.24) is 5.32 Å². The molecule has 0 aromatic rings. The Morgan fingerprint density at radius 2 is 2.29 bits per heavy atom. The minimum absolute atomic E-state index is 0.126. The van der Waals surface area contributed by atoms with Gasteiger partial charge in [-0.2, -0.15) is 0 Å². The second-order valence-corrected chi connectivity index (χ2v) is 4.58. The summed E-state index contributed by atoms with van der Waals surface area (Å²) in [6.45, 7) is 5.32. The molecular formula is C11H15NO5. The molecule has 2 saturated heterocycles. The van der Waals surface area contributed by atoms with Crippen molar-refractivity contribution >= 4 is 12.1 Å². The molecule has 0 aromatic carbocycles. The van der Waals surface area contributed by atoms with Gasteiger partial charge in [0.2, 0.25) is 0 Å². The van der Waals surface area contributed by atoms with Gasteiger partial charge < -0.3 is 19.9 Å². The first kappa shape index (κ1) is 11.9. The van der Waals surface area contributed by atoms with E-state index in [1.165, 1.54) is 6.08 Å². The van der Waals surface area contributed by atoms with E-state index in [1.807, 2.05) is 0 Å². The van der Waals surface area contributed by atoms with Crippen molar-refractivity contribution in [2.75, 3.05) is 6.61 Å². The molecule has 3 aliphatic rings. The quantitative estimate of drug-likeness (QED) is 0.707. The fourth-order valence-corrected chi connectivity index (χ4v) is 2.55. The Morgan fingerprint density at radius 1 is 1.65 bits per heavy atom. The third-order valence-electron chi connectivity index (χ3n) is 3.46. The lowest BCUT2D eigenvalue weighted by molar-refractivity contribution is -0.164. The molecule has 0 aromatic heterocycles. The fraction of sp³-hybridized carbons (Fsp3) is 0.636. The molecule has 1 unspecified atom stereocenters. The van der Waals surface area contributed by atoms with E-state index in [9.17, 15) is 9.59 Å². The van der Waals surface area contributed by atoms with E-state index >= 15 is 0 Å². The van der Waals surface area contributed by atoms with Crippen LogP contribution in [-0.4, -0.2) is 41.0 Å². The number of hydrogen-bond acceptors (Lipinski definition) is 4. The number of alkyl carbamates (subject to hydrolysis) is 1. The zero-order chi connectivity index (χ0) is 12.7. The number of aliphatic carboxylic acids is 1. The molecule has 2 heterocycles. The Kier molecular flexibility index (Phi) is 2.61. The maximum Gasteiger partial charge on any atom is 0.407 e. The van der Waals surface area contributed by atoms with Crippen molar-refractivity contribution in [3.63, 3.8) is 0 Å². The number of carbonyl (C=O) groups is 2. The second kappa shape index (κ2) is 3.73. The van der Waals surface area contributed by atoms with Gasteiger partial charge in [0.25, 0.3) is 0 Å². The van der Waals surface area contributed by atoms with Gasteiger partial charge in [0, 0.05) is 12.8 Å². The average molecular weight is 241 g/mol. The smallest absolute Gasteiger partial charge is 0.407 e. The minimum Gasteiger partial charge on any atom is -0.479 e. The van der Waals surface area contributed by atoms with Crippen LogP contribution in [0.5, 0.6) is 0 Å². The monoisotopic (exact) mass is 241 g/mol. The summed E-state index contributed by atoms with van der Waals surface area (Å²) in [7, 11) is 0. The number of amides is 1. The van der Waals surface area contributed by atoms with Crippen molar-refractivity contribution < 1.29 is 24.2 Å². The summed E-state index contributed by atoms with van der Waals surface area (Å²) in [6, 6.07) is 0. The van der Waals surface area contributed by atoms with E-state index in [2.05, 4.69) is 11.9 Å². The standard InChI is InChI=1S/C11H15NO5/c1-3-4-16-9(15)12-10-5-11(6-10,8(13)14)17-7(10)2/h3,7H,1,4-6H2,2H3,(H,12,15)(H,13,14). The number of nitrogens with one attached hydrogen (secondary N) is 1. The zero-order valence-electron chi connectivity index (χ0n) is 9.56. The number of hydrogen-bond donors (Lipinski definition) is 2. The minimum atomic E-state index is -1.12. The molecular weight excluding hydrogens is 226 g/mol. The maximum atomic E-state index is 11.4. The van der Waals surface area contributed by atoms with Crippen LogP contribution in [0.15, 0.2) is 12.7 Å². The first-order valence-corrected chi connectivity index (χ1v) is 5.41. The van der Waals surface area contributed by atoms with Crippen LogP contribution in [0.1, 0.15) is 19.8 Å². The zero-order valence-corrected chi connectivity index (χ0v) is 9.56. The van der Waals surface area contributed by atoms with Gasteiger partial charge in [0.05, 0.1) is 11.6 Å². The number of carboxylic acid groups (broad SMARTS) is 1. The second-order valence-electron chi connectivity index (χ2n) is 4.58. The van der Waals surface area contributed by atoms with Gasteiger partial charge in [0.15, 0.2) is 5.60 Å². The lowest BCUT2D eigenvalue weighted by Gasteiger charge is -2.42. The molecule has 94 valence electrons. The van der Waals surface area contributed by atoms with Crippen LogP contribution in [0.3, 0.4) is 0 Å². The van der Waals surface area contributed by atoms with Crippen LogP contribution in [0.2, 0.25) is 0 Å². The van der Waals surface area contributed by atoms with Crippen LogP contribution in [0.25, 0.3) is 0 Å². The lowest BCUT2D eigenvalue weighted by atomic mass is 9.66. The summed E-state index contributed by atoms with van der Waals surface area (Å²) < 4.78 is 10.2. The normalized spacial score (nSPS) is 38.1. The van der Waals surface area contributed by atoms with Gasteiger partial charge >= 0.3 is 12.1 Å². The molecule has 17 heavy (non-hydrogen) atoms. The lowest BCUT2D eigenvalue weighted by Crippen LogP contribution is -2.63. The first-order chi connectivity index (χ1) is 7.94. The Morgan fingerprint density at radius 3 is 2.76 bits per heavy atom. The third kappa shape index (κ3) is 1.68. The average Bonchev–Trinajstić information content (AvgIpc) is 2.63. The molecule has 1 saturated carbocycles. The van der Waals surface area contributed by atoms with Crippen LogP contribution in [-0.2, 0) is 14.3 Å². The van der Waals surface area contributed by atoms with E-state index in [4.69, 9.17) is 14.6 Å². The summed E-state index contributed by atoms with van der Waals surface area (Å²) in [6.07, 6.45) is 1.16. The molecule has 6 heteroatoms. The third-order valence-corrected chi connectivity index (χ3v) is 3.46. The summed E-state index contributed by atoms with van der Waals surface area (Å²) in [4.78, 5) is 22.4. The van der Waals surface area contributed by atoms with E-state index in [1.54, 1.807) is 6.92 Å². The number of carbonyl (C=O) groups excluding carboxylic acids is 1. The molecule has 1 aliphatic carbocycles. The molecule has 2 bridgehead atoms. The topological polar surface area (TPSA) is 84.9 Å². The van der Waals surface area contributed by atoms with E-state index in [0.717, 1.165) is 0 Å². The Balaban J connectivity index is 1.97. The van der Waals surface area contributed by atoms with Crippen molar-refractivity contribution in [1.29, 1.82) is 0 Å². The van der Waals surface area contributed by atoms with Crippen LogP contribution in [0, 0.1) is 0 Å². The highest BCUT2D eigenvalue weighted by Gasteiger charge is 2.71. The van der Waals surface area contributed by atoms with Gasteiger partial charge in [-0.15, -0.1) is 0 Å². The Labute approximate surface area is 98.6 Å². The van der Waals surface area contributed by atoms with Crippen LogP contribution in [0.4, 0.5) is 4.79 Å². The van der Waals surface area contributed by atoms with Crippen molar-refractivity contribution in [3.8, 4) is 0 Å². The number of fused-ring (bicyclic) bond motifs is 1. The molecule has 3 fully saturated rings. The maximum absolute atomic E-state index is 11.4. The molecule has 0 spiro atoms. The van der Waals surface area contributed by atoms with Crippen molar-refractivity contribution in [2.24, 2.45) is 0 Å². The molecule has 2 N–H and O–H groups in total. The predicted molar refractivity (Wildman–Crippen MR) is 57.6 cm³/mol. The summed E-state index contributed by atoms with van der Waals surface area (Å²) in [5, 5.41) is 11.7. The SMILES string of the molecule is C=CCOC(=O)NC12CC(C(=O)O)(C1)OC2C. The van der Waals surface area contributed by atoms with Gasteiger partial charge in [0.1, 0.15) is 6.61 Å². The number of rotatable bonds is 4. The highest BCUT2D eigenvalue weighted by molar-refractivity contribution is 5.82. The van der Waals surface area contributed by atoms with Gasteiger partial charge in [-0.1, -0.05) is 12.7 Å². The molecule has 3 rings (SSSR count). The van der Waals surface area contributed by atoms with E-state index < -0.39 is 23.2 Å². The number of carboxylic acids is 1. The number of ether oxygens (including phenoxy) is 2. The molecule has 1 amide bonds. The van der Waals surface area contributed by atoms with E-state index in [-0.39, 0.29) is 12.7 Å². The van der Waals surface area contributed by atoms with Gasteiger partial charge in [-0.05, 0) is 6.92 Å². The van der Waals surface area contributed by atoms with Gasteiger partial charge in [-0.3, -0.25) is 0 Å². The predicted octanol–water partition coefficient (Wildman–Crippen LogP) is 0.673. The molecule has 2 aliphatic heterocycles. The Bertz CT molecular complexity index is 372.